The number of nitrogens with zero attached hydrogens (tertiary/aromatic N) is 1. The number of aromatic hydroxyl groups is 1. The Kier molecular flexibility index (Phi) is 1.48. The van der Waals surface area contributed by atoms with Crippen molar-refractivity contribution in [2.45, 2.75) is 0 Å². The van der Waals surface area contributed by atoms with E-state index in [2.05, 4.69) is 5.16 Å². The molecule has 66 valence electrons. The van der Waals surface area contributed by atoms with Crippen molar-refractivity contribution in [1.82, 2.24) is 0 Å². The van der Waals surface area contributed by atoms with Crippen LogP contribution in [0.1, 0.15) is 0 Å². The summed E-state index contributed by atoms with van der Waals surface area (Å²) in [6.45, 7) is 0. The van der Waals surface area contributed by atoms with Crippen molar-refractivity contribution in [2.24, 2.45) is 10.9 Å². The molecule has 0 heterocycles. The lowest BCUT2D eigenvalue weighted by Crippen LogP contribution is -2.38. The van der Waals surface area contributed by atoms with E-state index < -0.39 is 0 Å². The standard InChI is InChI=1S/C9H8N2O2/c10-9(11-13)8-3-5-1-2-6(12)4-7(5)8/h1-4,12-13H,(H2,10,11). The van der Waals surface area contributed by atoms with Crippen LogP contribution >= 0.6 is 0 Å². The average Bonchev–Trinajstić information content (AvgIpc) is 2.10. The van der Waals surface area contributed by atoms with E-state index in [0.29, 0.717) is 5.57 Å². The van der Waals surface area contributed by atoms with Gasteiger partial charge in [-0.2, -0.15) is 0 Å². The van der Waals surface area contributed by atoms with Crippen molar-refractivity contribution in [3.63, 3.8) is 0 Å². The van der Waals surface area contributed by atoms with E-state index in [-0.39, 0.29) is 11.6 Å². The van der Waals surface area contributed by atoms with E-state index in [9.17, 15) is 5.11 Å². The number of amidine groups is 1. The first-order chi connectivity index (χ1) is 6.22. The van der Waals surface area contributed by atoms with E-state index in [4.69, 9.17) is 10.9 Å². The number of phenolic OH excluding ortho intramolecular Hbond substituents is 1. The number of hydrogen-bond acceptors (Lipinski definition) is 3. The monoisotopic (exact) mass is 176 g/mol. The van der Waals surface area contributed by atoms with Gasteiger partial charge in [0.15, 0.2) is 5.84 Å². The lowest BCUT2D eigenvalue weighted by atomic mass is 9.99. The SMILES string of the molecule is N/C(=N\O)C1=c2cc(O)ccc2=C1. The number of phenols is 1. The fraction of sp³-hybridized carbons (Fsp3) is 0. The van der Waals surface area contributed by atoms with E-state index in [1.807, 2.05) is 0 Å². The van der Waals surface area contributed by atoms with Crippen LogP contribution < -0.4 is 16.2 Å². The molecule has 0 fully saturated rings. The Morgan fingerprint density at radius 3 is 2.85 bits per heavy atom. The Morgan fingerprint density at radius 1 is 1.38 bits per heavy atom. The largest absolute Gasteiger partial charge is 0.508 e. The third-order valence-corrected chi connectivity index (χ3v) is 2.01. The number of benzene rings is 1. The molecule has 4 N–H and O–H groups in total. The van der Waals surface area contributed by atoms with E-state index >= 15 is 0 Å². The highest BCUT2D eigenvalue weighted by atomic mass is 16.4. The number of hydrogen-bond donors (Lipinski definition) is 3. The Hall–Kier alpha value is -1.97. The molecule has 1 aromatic rings. The van der Waals surface area contributed by atoms with Crippen molar-refractivity contribution in [1.29, 1.82) is 0 Å². The van der Waals surface area contributed by atoms with E-state index in [1.165, 1.54) is 0 Å². The third-order valence-electron chi connectivity index (χ3n) is 2.01. The van der Waals surface area contributed by atoms with Gasteiger partial charge in [0.05, 0.1) is 0 Å². The zero-order valence-electron chi connectivity index (χ0n) is 6.73. The summed E-state index contributed by atoms with van der Waals surface area (Å²) in [7, 11) is 0. The molecular weight excluding hydrogens is 168 g/mol. The Morgan fingerprint density at radius 2 is 2.15 bits per heavy atom. The molecule has 4 nitrogen and oxygen atoms in total. The zero-order valence-corrected chi connectivity index (χ0v) is 6.73. The lowest BCUT2D eigenvalue weighted by Gasteiger charge is -2.08. The highest BCUT2D eigenvalue weighted by molar-refractivity contribution is 6.27. The van der Waals surface area contributed by atoms with Gasteiger partial charge in [-0.25, -0.2) is 0 Å². The summed E-state index contributed by atoms with van der Waals surface area (Å²) in [6.07, 6.45) is 1.80. The minimum atomic E-state index is 0.0677. The third kappa shape index (κ3) is 1.03. The highest BCUT2D eigenvalue weighted by Gasteiger charge is 2.10. The van der Waals surface area contributed by atoms with Gasteiger partial charge in [-0.1, -0.05) is 11.2 Å². The van der Waals surface area contributed by atoms with Crippen LogP contribution in [0.2, 0.25) is 0 Å². The highest BCUT2D eigenvalue weighted by Crippen LogP contribution is 2.05. The Balaban J connectivity index is 2.66. The minimum Gasteiger partial charge on any atom is -0.508 e. The van der Waals surface area contributed by atoms with Gasteiger partial charge < -0.3 is 16.0 Å². The molecule has 0 saturated heterocycles. The number of rotatable bonds is 1. The van der Waals surface area contributed by atoms with Crippen molar-refractivity contribution in [2.75, 3.05) is 0 Å². The molecule has 0 atom stereocenters. The van der Waals surface area contributed by atoms with Crippen molar-refractivity contribution < 1.29 is 10.3 Å². The van der Waals surface area contributed by atoms with Gasteiger partial charge in [0, 0.05) is 5.57 Å². The van der Waals surface area contributed by atoms with Gasteiger partial charge in [-0.3, -0.25) is 0 Å². The second kappa shape index (κ2) is 2.52. The van der Waals surface area contributed by atoms with Gasteiger partial charge >= 0.3 is 0 Å². The van der Waals surface area contributed by atoms with Crippen LogP contribution in [0.15, 0.2) is 23.4 Å². The van der Waals surface area contributed by atoms with Gasteiger partial charge in [0.2, 0.25) is 0 Å². The number of nitrogens with two attached hydrogens (primary N) is 1. The first-order valence-electron chi connectivity index (χ1n) is 3.75. The van der Waals surface area contributed by atoms with Crippen molar-refractivity contribution >= 4 is 17.5 Å². The van der Waals surface area contributed by atoms with Crippen molar-refractivity contribution in [3.8, 4) is 5.75 Å². The van der Waals surface area contributed by atoms with Crippen LogP contribution in [0.3, 0.4) is 0 Å². The van der Waals surface area contributed by atoms with Gasteiger partial charge in [-0.15, -0.1) is 0 Å². The summed E-state index contributed by atoms with van der Waals surface area (Å²) in [5, 5.41) is 22.3. The molecule has 0 bridgehead atoms. The molecule has 1 aliphatic carbocycles. The predicted molar refractivity (Wildman–Crippen MR) is 48.6 cm³/mol. The topological polar surface area (TPSA) is 78.8 Å². The summed E-state index contributed by atoms with van der Waals surface area (Å²) in [4.78, 5) is 0. The van der Waals surface area contributed by atoms with Gasteiger partial charge in [0.25, 0.3) is 0 Å². The molecule has 0 spiro atoms. The molecule has 1 aromatic carbocycles. The van der Waals surface area contributed by atoms with Crippen LogP contribution in [0.5, 0.6) is 5.75 Å². The van der Waals surface area contributed by atoms with Gasteiger partial charge in [0.1, 0.15) is 5.75 Å². The number of fused-ring (bicyclic) bond motifs is 1. The molecule has 0 aliphatic heterocycles. The second-order valence-electron chi connectivity index (χ2n) is 2.81. The van der Waals surface area contributed by atoms with Crippen LogP contribution in [-0.2, 0) is 0 Å². The van der Waals surface area contributed by atoms with Gasteiger partial charge in [-0.05, 0) is 28.6 Å². The maximum absolute atomic E-state index is 9.17. The van der Waals surface area contributed by atoms with Crippen LogP contribution in [-0.4, -0.2) is 16.1 Å². The minimum absolute atomic E-state index is 0.0677. The maximum Gasteiger partial charge on any atom is 0.170 e. The van der Waals surface area contributed by atoms with Crippen LogP contribution in [0.25, 0.3) is 11.6 Å². The summed E-state index contributed by atoms with van der Waals surface area (Å²) < 4.78 is 0. The van der Waals surface area contributed by atoms with Crippen LogP contribution in [0, 0.1) is 0 Å². The maximum atomic E-state index is 9.17. The quantitative estimate of drug-likeness (QED) is 0.224. The molecule has 0 aromatic heterocycles. The zero-order chi connectivity index (χ0) is 9.42. The summed E-state index contributed by atoms with van der Waals surface area (Å²) in [5.74, 6) is 0.244. The fourth-order valence-electron chi connectivity index (χ4n) is 1.32. The first kappa shape index (κ1) is 7.67. The summed E-state index contributed by atoms with van der Waals surface area (Å²) >= 11 is 0. The van der Waals surface area contributed by atoms with E-state index in [1.54, 1.807) is 24.3 Å². The molecule has 0 saturated carbocycles. The van der Waals surface area contributed by atoms with E-state index in [0.717, 1.165) is 10.4 Å². The van der Waals surface area contributed by atoms with Crippen molar-refractivity contribution in [3.05, 3.63) is 28.6 Å². The molecule has 0 radical (unpaired) electrons. The molecule has 0 amide bonds. The molecule has 1 aliphatic rings. The lowest BCUT2D eigenvalue weighted by molar-refractivity contribution is 0.319. The Bertz CT molecular complexity index is 503. The average molecular weight is 176 g/mol. The first-order valence-corrected chi connectivity index (χ1v) is 3.75. The fourth-order valence-corrected chi connectivity index (χ4v) is 1.32. The molecular formula is C9H8N2O2. The van der Waals surface area contributed by atoms with Crippen LogP contribution in [0.4, 0.5) is 0 Å². The normalized spacial score (nSPS) is 14.5. The summed E-state index contributed by atoms with van der Waals surface area (Å²) in [5.41, 5.74) is 6.05. The molecule has 2 rings (SSSR count). The smallest absolute Gasteiger partial charge is 0.170 e. The number of oxime groups is 1. The molecule has 13 heavy (non-hydrogen) atoms. The molecule has 0 unspecified atom stereocenters. The Labute approximate surface area is 73.9 Å². The second-order valence-corrected chi connectivity index (χ2v) is 2.81. The summed E-state index contributed by atoms with van der Waals surface area (Å²) in [6, 6.07) is 4.96. The molecule has 4 heteroatoms. The predicted octanol–water partition coefficient (Wildman–Crippen LogP) is -0.917.